The number of fused-ring (bicyclic) bond motifs is 4. The SMILES string of the molecule is COC(=O)C12C3(CC3)N(Cc3ccccc3)C(=O)C1(Cl)C21CC1. The monoisotopic (exact) mass is 331 g/mol. The first-order chi connectivity index (χ1) is 11.0. The van der Waals surface area contributed by atoms with Crippen LogP contribution in [0.5, 0.6) is 0 Å². The topological polar surface area (TPSA) is 46.6 Å². The molecule has 0 aromatic heterocycles. The van der Waals surface area contributed by atoms with Gasteiger partial charge < -0.3 is 9.64 Å². The third kappa shape index (κ3) is 1.13. The van der Waals surface area contributed by atoms with Crippen LogP contribution in [0.3, 0.4) is 0 Å². The number of piperidine rings is 1. The number of likely N-dealkylation sites (tertiary alicyclic amines) is 1. The van der Waals surface area contributed by atoms with Crippen LogP contribution in [0.1, 0.15) is 31.2 Å². The number of carbonyl (C=O) groups is 2. The van der Waals surface area contributed by atoms with Crippen LogP contribution in [0, 0.1) is 10.8 Å². The molecule has 1 heterocycles. The smallest absolute Gasteiger partial charge is 0.317 e. The molecule has 3 saturated carbocycles. The summed E-state index contributed by atoms with van der Waals surface area (Å²) < 4.78 is 5.14. The van der Waals surface area contributed by atoms with E-state index < -0.39 is 15.8 Å². The second-order valence-corrected chi connectivity index (χ2v) is 7.96. The summed E-state index contributed by atoms with van der Waals surface area (Å²) in [5, 5.41) is 0. The predicted molar refractivity (Wildman–Crippen MR) is 83.7 cm³/mol. The number of alkyl halides is 1. The number of halogens is 1. The summed E-state index contributed by atoms with van der Waals surface area (Å²) in [6, 6.07) is 9.89. The van der Waals surface area contributed by atoms with Gasteiger partial charge in [-0.2, -0.15) is 0 Å². The Labute approximate surface area is 139 Å². The number of nitrogens with zero attached hydrogens (tertiary/aromatic N) is 1. The van der Waals surface area contributed by atoms with Crippen LogP contribution in [-0.4, -0.2) is 34.3 Å². The van der Waals surface area contributed by atoms with Crippen molar-refractivity contribution in [2.45, 2.75) is 42.6 Å². The number of amides is 1. The van der Waals surface area contributed by atoms with E-state index >= 15 is 0 Å². The van der Waals surface area contributed by atoms with Crippen LogP contribution in [0.2, 0.25) is 0 Å². The summed E-state index contributed by atoms with van der Waals surface area (Å²) in [7, 11) is 1.41. The molecule has 1 aromatic rings. The van der Waals surface area contributed by atoms with Crippen LogP contribution in [0.4, 0.5) is 0 Å². The quantitative estimate of drug-likeness (QED) is 0.631. The molecule has 0 bridgehead atoms. The fourth-order valence-corrected chi connectivity index (χ4v) is 6.46. The van der Waals surface area contributed by atoms with Crippen molar-refractivity contribution >= 4 is 23.5 Å². The van der Waals surface area contributed by atoms with E-state index in [0.717, 1.165) is 31.2 Å². The van der Waals surface area contributed by atoms with E-state index in [1.54, 1.807) is 0 Å². The second kappa shape index (κ2) is 3.75. The van der Waals surface area contributed by atoms with Gasteiger partial charge in [0.2, 0.25) is 5.91 Å². The average Bonchev–Trinajstić information content (AvgIpc) is 3.47. The van der Waals surface area contributed by atoms with Gasteiger partial charge in [-0.3, -0.25) is 9.59 Å². The van der Waals surface area contributed by atoms with Crippen molar-refractivity contribution in [1.82, 2.24) is 4.90 Å². The van der Waals surface area contributed by atoms with E-state index in [9.17, 15) is 9.59 Å². The van der Waals surface area contributed by atoms with Crippen molar-refractivity contribution in [2.75, 3.05) is 7.11 Å². The number of carbonyl (C=O) groups excluding carboxylic acids is 2. The Balaban J connectivity index is 1.61. The first-order valence-corrected chi connectivity index (χ1v) is 8.53. The van der Waals surface area contributed by atoms with E-state index in [4.69, 9.17) is 16.3 Å². The third-order valence-electron chi connectivity index (χ3n) is 6.73. The van der Waals surface area contributed by atoms with Crippen molar-refractivity contribution in [3.63, 3.8) is 0 Å². The van der Waals surface area contributed by atoms with Gasteiger partial charge in [0, 0.05) is 12.0 Å². The van der Waals surface area contributed by atoms with E-state index in [1.165, 1.54) is 7.11 Å². The number of ether oxygens (including phenoxy) is 1. The lowest BCUT2D eigenvalue weighted by Gasteiger charge is -2.33. The minimum Gasteiger partial charge on any atom is -0.468 e. The van der Waals surface area contributed by atoms with Gasteiger partial charge in [-0.05, 0) is 31.2 Å². The van der Waals surface area contributed by atoms with Crippen molar-refractivity contribution in [2.24, 2.45) is 10.8 Å². The maximum absolute atomic E-state index is 13.2. The summed E-state index contributed by atoms with van der Waals surface area (Å²) in [6.07, 6.45) is 3.41. The summed E-state index contributed by atoms with van der Waals surface area (Å²) >= 11 is 6.87. The summed E-state index contributed by atoms with van der Waals surface area (Å²) in [6.45, 7) is 0.517. The normalized spacial score (nSPS) is 37.0. The Morgan fingerprint density at radius 3 is 2.39 bits per heavy atom. The molecular weight excluding hydrogens is 314 g/mol. The van der Waals surface area contributed by atoms with Crippen molar-refractivity contribution < 1.29 is 14.3 Å². The third-order valence-corrected chi connectivity index (χ3v) is 7.54. The lowest BCUT2D eigenvalue weighted by atomic mass is 9.89. The molecule has 2 spiro atoms. The number of esters is 1. The highest BCUT2D eigenvalue weighted by molar-refractivity contribution is 6.44. The van der Waals surface area contributed by atoms with Gasteiger partial charge in [0.15, 0.2) is 0 Å². The molecule has 5 heteroatoms. The molecule has 4 nitrogen and oxygen atoms in total. The van der Waals surface area contributed by atoms with Gasteiger partial charge >= 0.3 is 5.97 Å². The maximum Gasteiger partial charge on any atom is 0.317 e. The van der Waals surface area contributed by atoms with Crippen molar-refractivity contribution in [3.05, 3.63) is 35.9 Å². The molecule has 0 radical (unpaired) electrons. The Hall–Kier alpha value is -1.55. The Bertz CT molecular complexity index is 740. The maximum atomic E-state index is 13.2. The number of hydrogen-bond acceptors (Lipinski definition) is 3. The molecule has 1 amide bonds. The predicted octanol–water partition coefficient (Wildman–Crippen LogP) is 2.49. The highest BCUT2D eigenvalue weighted by atomic mass is 35.5. The minimum absolute atomic E-state index is 0.0663. The first-order valence-electron chi connectivity index (χ1n) is 8.15. The van der Waals surface area contributed by atoms with Crippen molar-refractivity contribution in [1.29, 1.82) is 0 Å². The fourth-order valence-electron chi connectivity index (χ4n) is 5.64. The molecule has 4 fully saturated rings. The van der Waals surface area contributed by atoms with E-state index in [2.05, 4.69) is 0 Å². The van der Waals surface area contributed by atoms with Crippen LogP contribution >= 0.6 is 11.6 Å². The zero-order valence-electron chi connectivity index (χ0n) is 13.0. The minimum atomic E-state index is -1.07. The standard InChI is InChI=1S/C18H18ClNO3/c1-23-14(22)17-15(7-8-15)18(17,19)13(21)20(16(17)9-10-16)11-12-5-3-2-4-6-12/h2-6H,7-11H2,1H3. The van der Waals surface area contributed by atoms with E-state index in [-0.39, 0.29) is 17.3 Å². The molecule has 5 rings (SSSR count). The Morgan fingerprint density at radius 1 is 1.22 bits per heavy atom. The molecule has 2 unspecified atom stereocenters. The van der Waals surface area contributed by atoms with E-state index in [0.29, 0.717) is 6.54 Å². The fraction of sp³-hybridized carbons (Fsp3) is 0.556. The molecule has 120 valence electrons. The van der Waals surface area contributed by atoms with Crippen LogP contribution in [-0.2, 0) is 20.9 Å². The number of benzene rings is 1. The summed E-state index contributed by atoms with van der Waals surface area (Å²) in [5.41, 5.74) is -0.519. The number of methoxy groups -OCH3 is 1. The van der Waals surface area contributed by atoms with Crippen LogP contribution in [0.15, 0.2) is 30.3 Å². The van der Waals surface area contributed by atoms with Crippen molar-refractivity contribution in [3.8, 4) is 0 Å². The van der Waals surface area contributed by atoms with Gasteiger partial charge in [-0.25, -0.2) is 0 Å². The van der Waals surface area contributed by atoms with Gasteiger partial charge in [0.1, 0.15) is 10.3 Å². The molecular formula is C18H18ClNO3. The Morgan fingerprint density at radius 2 is 1.87 bits per heavy atom. The molecule has 3 aliphatic carbocycles. The molecule has 1 saturated heterocycles. The lowest BCUT2D eigenvalue weighted by molar-refractivity contribution is -0.151. The molecule has 2 atom stereocenters. The highest BCUT2D eigenvalue weighted by Crippen LogP contribution is 2.96. The number of hydrogen-bond donors (Lipinski definition) is 0. The molecule has 4 aliphatic rings. The van der Waals surface area contributed by atoms with Gasteiger partial charge in [0.25, 0.3) is 0 Å². The zero-order chi connectivity index (χ0) is 16.1. The lowest BCUT2D eigenvalue weighted by Crippen LogP contribution is -2.46. The van der Waals surface area contributed by atoms with E-state index in [1.807, 2.05) is 35.2 Å². The number of rotatable bonds is 3. The molecule has 1 aliphatic heterocycles. The van der Waals surface area contributed by atoms with Crippen LogP contribution in [0.25, 0.3) is 0 Å². The zero-order valence-corrected chi connectivity index (χ0v) is 13.7. The second-order valence-electron chi connectivity index (χ2n) is 7.39. The summed E-state index contributed by atoms with van der Waals surface area (Å²) in [5.74, 6) is -0.352. The highest BCUT2D eigenvalue weighted by Gasteiger charge is 3.08. The molecule has 23 heavy (non-hydrogen) atoms. The first kappa shape index (κ1) is 13.8. The molecule has 1 aromatic carbocycles. The van der Waals surface area contributed by atoms with Gasteiger partial charge in [0.05, 0.1) is 12.6 Å². The molecule has 0 N–H and O–H groups in total. The Kier molecular flexibility index (Phi) is 2.26. The van der Waals surface area contributed by atoms with Crippen LogP contribution < -0.4 is 0 Å². The van der Waals surface area contributed by atoms with Gasteiger partial charge in [-0.15, -0.1) is 11.6 Å². The average molecular weight is 332 g/mol. The van der Waals surface area contributed by atoms with Gasteiger partial charge in [-0.1, -0.05) is 30.3 Å². The largest absolute Gasteiger partial charge is 0.468 e. The summed E-state index contributed by atoms with van der Waals surface area (Å²) in [4.78, 5) is 26.7.